The number of hydrogen-bond acceptors (Lipinski definition) is 4. The molecule has 2 aromatic heterocycles. The molecular formula is C14H13FN6O2. The van der Waals surface area contributed by atoms with Crippen molar-refractivity contribution < 1.29 is 9.18 Å². The highest BCUT2D eigenvalue weighted by Crippen LogP contribution is 2.07. The Bertz CT molecular complexity index is 915. The molecule has 0 spiro atoms. The first kappa shape index (κ1) is 14.7. The van der Waals surface area contributed by atoms with Gasteiger partial charge >= 0.3 is 6.03 Å². The van der Waals surface area contributed by atoms with Crippen LogP contribution in [0.5, 0.6) is 0 Å². The summed E-state index contributed by atoms with van der Waals surface area (Å²) in [6, 6.07) is 5.18. The molecule has 0 aliphatic heterocycles. The second kappa shape index (κ2) is 5.87. The van der Waals surface area contributed by atoms with Gasteiger partial charge in [-0.2, -0.15) is 4.52 Å². The van der Waals surface area contributed by atoms with E-state index in [9.17, 15) is 14.0 Å². The maximum atomic E-state index is 12.8. The van der Waals surface area contributed by atoms with Gasteiger partial charge in [-0.25, -0.2) is 19.2 Å². The standard InChI is InChI=1S/C14H13FN6O2/c1-8-11(12(22)21-13(19-8)17-7-18-21)20-14(23)16-6-9-2-4-10(15)5-3-9/h2-5,7H,6H2,1H3,(H2,16,20,23)(H,17,18,19). The smallest absolute Gasteiger partial charge is 0.319 e. The Morgan fingerprint density at radius 3 is 2.83 bits per heavy atom. The first-order valence-electron chi connectivity index (χ1n) is 6.76. The zero-order chi connectivity index (χ0) is 16.4. The number of rotatable bonds is 3. The van der Waals surface area contributed by atoms with Crippen molar-refractivity contribution in [2.24, 2.45) is 0 Å². The number of nitrogens with zero attached hydrogens (tertiary/aromatic N) is 3. The fourth-order valence-corrected chi connectivity index (χ4v) is 2.05. The number of aryl methyl sites for hydroxylation is 1. The van der Waals surface area contributed by atoms with E-state index in [0.29, 0.717) is 5.69 Å². The van der Waals surface area contributed by atoms with E-state index in [1.54, 1.807) is 19.1 Å². The minimum absolute atomic E-state index is 0.0587. The van der Waals surface area contributed by atoms with Crippen molar-refractivity contribution in [1.29, 1.82) is 0 Å². The molecule has 1 aromatic carbocycles. The predicted octanol–water partition coefficient (Wildman–Crippen LogP) is 1.19. The summed E-state index contributed by atoms with van der Waals surface area (Å²) < 4.78 is 13.9. The van der Waals surface area contributed by atoms with Crippen molar-refractivity contribution in [3.05, 3.63) is 58.0 Å². The SMILES string of the molecule is Cc1nc2nc[nH]n2c(=O)c1NC(=O)NCc1ccc(F)cc1. The van der Waals surface area contributed by atoms with Gasteiger partial charge in [-0.3, -0.25) is 9.89 Å². The van der Waals surface area contributed by atoms with Gasteiger partial charge in [0.25, 0.3) is 11.3 Å². The van der Waals surface area contributed by atoms with Crippen LogP contribution in [-0.4, -0.2) is 25.6 Å². The average molecular weight is 316 g/mol. The zero-order valence-electron chi connectivity index (χ0n) is 12.1. The number of fused-ring (bicyclic) bond motifs is 1. The maximum absolute atomic E-state index is 12.8. The fraction of sp³-hybridized carbons (Fsp3) is 0.143. The molecule has 0 fully saturated rings. The Morgan fingerprint density at radius 1 is 1.35 bits per heavy atom. The molecule has 0 radical (unpaired) electrons. The first-order valence-corrected chi connectivity index (χ1v) is 6.76. The van der Waals surface area contributed by atoms with Crippen molar-refractivity contribution in [3.8, 4) is 0 Å². The van der Waals surface area contributed by atoms with Crippen molar-refractivity contribution in [1.82, 2.24) is 24.9 Å². The van der Waals surface area contributed by atoms with Gasteiger partial charge in [0.05, 0.1) is 5.69 Å². The van der Waals surface area contributed by atoms with Crippen LogP contribution in [0.2, 0.25) is 0 Å². The summed E-state index contributed by atoms with van der Waals surface area (Å²) in [6.45, 7) is 1.80. The highest BCUT2D eigenvalue weighted by Gasteiger charge is 2.13. The number of amides is 2. The van der Waals surface area contributed by atoms with Gasteiger partial charge in [0.15, 0.2) is 0 Å². The molecule has 8 nitrogen and oxygen atoms in total. The molecule has 0 atom stereocenters. The second-order valence-electron chi connectivity index (χ2n) is 4.83. The van der Waals surface area contributed by atoms with Crippen molar-refractivity contribution in [3.63, 3.8) is 0 Å². The quantitative estimate of drug-likeness (QED) is 0.675. The number of halogens is 1. The number of benzene rings is 1. The summed E-state index contributed by atoms with van der Waals surface area (Å²) in [4.78, 5) is 32.2. The third-order valence-corrected chi connectivity index (χ3v) is 3.22. The molecule has 3 N–H and O–H groups in total. The van der Waals surface area contributed by atoms with Gasteiger partial charge in [-0.1, -0.05) is 12.1 Å². The third-order valence-electron chi connectivity index (χ3n) is 3.22. The van der Waals surface area contributed by atoms with Crippen LogP contribution >= 0.6 is 0 Å². The van der Waals surface area contributed by atoms with Crippen LogP contribution in [0.15, 0.2) is 35.4 Å². The van der Waals surface area contributed by atoms with Crippen LogP contribution < -0.4 is 16.2 Å². The number of anilines is 1. The number of H-pyrrole nitrogens is 1. The molecule has 2 amide bonds. The minimum Gasteiger partial charge on any atom is -0.334 e. The minimum atomic E-state index is -0.559. The van der Waals surface area contributed by atoms with E-state index in [1.165, 1.54) is 18.5 Å². The molecule has 118 valence electrons. The van der Waals surface area contributed by atoms with Crippen molar-refractivity contribution >= 4 is 17.5 Å². The largest absolute Gasteiger partial charge is 0.334 e. The van der Waals surface area contributed by atoms with Crippen LogP contribution in [0.25, 0.3) is 5.78 Å². The van der Waals surface area contributed by atoms with E-state index in [1.807, 2.05) is 0 Å². The van der Waals surface area contributed by atoms with Gasteiger partial charge < -0.3 is 10.6 Å². The van der Waals surface area contributed by atoms with Crippen molar-refractivity contribution in [2.75, 3.05) is 5.32 Å². The molecule has 0 aliphatic rings. The van der Waals surface area contributed by atoms with Crippen molar-refractivity contribution in [2.45, 2.75) is 13.5 Å². The summed E-state index contributed by atoms with van der Waals surface area (Å²) in [5.41, 5.74) is 0.696. The molecule has 2 heterocycles. The van der Waals surface area contributed by atoms with Crippen LogP contribution in [0, 0.1) is 12.7 Å². The average Bonchev–Trinajstić information content (AvgIpc) is 2.99. The van der Waals surface area contributed by atoms with Gasteiger partial charge in [-0.05, 0) is 24.6 Å². The number of carbonyl (C=O) groups is 1. The van der Waals surface area contributed by atoms with Gasteiger partial charge in [0.1, 0.15) is 17.8 Å². The molecule has 0 saturated heterocycles. The molecule has 3 rings (SSSR count). The first-order chi connectivity index (χ1) is 11.0. The van der Waals surface area contributed by atoms with E-state index in [4.69, 9.17) is 0 Å². The summed E-state index contributed by atoms with van der Waals surface area (Å²) in [6.07, 6.45) is 1.33. The highest BCUT2D eigenvalue weighted by atomic mass is 19.1. The Morgan fingerprint density at radius 2 is 2.09 bits per heavy atom. The van der Waals surface area contributed by atoms with E-state index < -0.39 is 11.6 Å². The number of nitrogens with one attached hydrogen (secondary N) is 3. The van der Waals surface area contributed by atoms with Crippen LogP contribution in [-0.2, 0) is 6.54 Å². The predicted molar refractivity (Wildman–Crippen MR) is 80.6 cm³/mol. The molecule has 0 saturated carbocycles. The lowest BCUT2D eigenvalue weighted by atomic mass is 10.2. The fourth-order valence-electron chi connectivity index (χ4n) is 2.05. The Balaban J connectivity index is 1.72. The third kappa shape index (κ3) is 3.03. The number of carbonyl (C=O) groups excluding carboxylic acids is 1. The maximum Gasteiger partial charge on any atom is 0.319 e. The normalized spacial score (nSPS) is 10.7. The molecule has 3 aromatic rings. The van der Waals surface area contributed by atoms with Crippen LogP contribution in [0.4, 0.5) is 14.9 Å². The van der Waals surface area contributed by atoms with Gasteiger partial charge in [0, 0.05) is 6.54 Å². The van der Waals surface area contributed by atoms with E-state index in [0.717, 1.165) is 10.1 Å². The summed E-state index contributed by atoms with van der Waals surface area (Å²) in [5.74, 6) is -0.120. The summed E-state index contributed by atoms with van der Waals surface area (Å²) in [7, 11) is 0. The summed E-state index contributed by atoms with van der Waals surface area (Å²) >= 11 is 0. The highest BCUT2D eigenvalue weighted by molar-refractivity contribution is 5.89. The van der Waals surface area contributed by atoms with Crippen LogP contribution in [0.3, 0.4) is 0 Å². The lowest BCUT2D eigenvalue weighted by Gasteiger charge is -2.09. The molecule has 0 bridgehead atoms. The molecule has 23 heavy (non-hydrogen) atoms. The van der Waals surface area contributed by atoms with Crippen LogP contribution in [0.1, 0.15) is 11.3 Å². The molecule has 0 aliphatic carbocycles. The second-order valence-corrected chi connectivity index (χ2v) is 4.83. The Kier molecular flexibility index (Phi) is 3.75. The number of hydrogen-bond donors (Lipinski definition) is 3. The molecule has 0 unspecified atom stereocenters. The number of urea groups is 1. The topological polar surface area (TPSA) is 104 Å². The van der Waals surface area contributed by atoms with E-state index in [-0.39, 0.29) is 23.8 Å². The molecular weight excluding hydrogens is 303 g/mol. The lowest BCUT2D eigenvalue weighted by molar-refractivity contribution is 0.251. The molecule has 9 heteroatoms. The van der Waals surface area contributed by atoms with E-state index >= 15 is 0 Å². The monoisotopic (exact) mass is 316 g/mol. The van der Waals surface area contributed by atoms with Gasteiger partial charge in [0.2, 0.25) is 0 Å². The van der Waals surface area contributed by atoms with Gasteiger partial charge in [-0.15, -0.1) is 0 Å². The number of aromatic amines is 1. The number of aromatic nitrogens is 4. The Hall–Kier alpha value is -3.23. The summed E-state index contributed by atoms with van der Waals surface area (Å²) in [5, 5.41) is 7.68. The zero-order valence-corrected chi connectivity index (χ0v) is 12.1. The van der Waals surface area contributed by atoms with E-state index in [2.05, 4.69) is 25.7 Å². The Labute approximate surface area is 129 Å². The lowest BCUT2D eigenvalue weighted by Crippen LogP contribution is -2.32.